The van der Waals surface area contributed by atoms with Crippen molar-refractivity contribution in [3.8, 4) is 11.1 Å². The summed E-state index contributed by atoms with van der Waals surface area (Å²) >= 11 is 0. The van der Waals surface area contributed by atoms with Crippen molar-refractivity contribution in [1.29, 1.82) is 0 Å². The topological polar surface area (TPSA) is 13.1 Å². The van der Waals surface area contributed by atoms with Crippen molar-refractivity contribution in [2.45, 2.75) is 19.3 Å². The molecule has 1 heterocycles. The van der Waals surface area contributed by atoms with E-state index in [0.29, 0.717) is 5.92 Å². The molecule has 1 aromatic heterocycles. The van der Waals surface area contributed by atoms with Gasteiger partial charge in [0, 0.05) is 16.7 Å². The summed E-state index contributed by atoms with van der Waals surface area (Å²) < 4.78 is 5.96. The Kier molecular flexibility index (Phi) is 4.21. The number of rotatable bonds is 4. The van der Waals surface area contributed by atoms with Gasteiger partial charge in [0.15, 0.2) is 0 Å². The van der Waals surface area contributed by atoms with Crippen molar-refractivity contribution >= 4 is 21.9 Å². The zero-order valence-corrected chi connectivity index (χ0v) is 15.9. The number of fused-ring (bicyclic) bond motifs is 3. The monoisotopic (exact) mass is 362 g/mol. The van der Waals surface area contributed by atoms with Gasteiger partial charge in [0.1, 0.15) is 11.2 Å². The van der Waals surface area contributed by atoms with E-state index in [-0.39, 0.29) is 0 Å². The largest absolute Gasteiger partial charge is 0.456 e. The minimum Gasteiger partial charge on any atom is -0.456 e. The summed E-state index contributed by atoms with van der Waals surface area (Å²) in [5.74, 6) is 0.440. The average molecular weight is 362 g/mol. The Morgan fingerprint density at radius 2 is 1.25 bits per heavy atom. The van der Waals surface area contributed by atoms with Gasteiger partial charge < -0.3 is 4.42 Å². The average Bonchev–Trinajstić information content (AvgIpc) is 3.13. The maximum Gasteiger partial charge on any atom is 0.135 e. The Hall–Kier alpha value is -3.32. The van der Waals surface area contributed by atoms with Crippen LogP contribution >= 0.6 is 0 Å². The van der Waals surface area contributed by atoms with Crippen LogP contribution < -0.4 is 0 Å². The summed E-state index contributed by atoms with van der Waals surface area (Å²) in [5, 5.41) is 2.35. The number of hydrogen-bond donors (Lipinski definition) is 0. The third kappa shape index (κ3) is 2.90. The number of benzene rings is 4. The van der Waals surface area contributed by atoms with Crippen LogP contribution in [0.2, 0.25) is 0 Å². The summed E-state index contributed by atoms with van der Waals surface area (Å²) in [7, 11) is 0. The van der Waals surface area contributed by atoms with Crippen molar-refractivity contribution in [1.82, 2.24) is 0 Å². The van der Waals surface area contributed by atoms with Gasteiger partial charge in [0.2, 0.25) is 0 Å². The van der Waals surface area contributed by atoms with Crippen LogP contribution in [0.3, 0.4) is 0 Å². The fourth-order valence-corrected chi connectivity index (χ4v) is 4.16. The summed E-state index contributed by atoms with van der Waals surface area (Å²) in [6.07, 6.45) is 1.09. The van der Waals surface area contributed by atoms with Crippen LogP contribution in [0.1, 0.15) is 30.4 Å². The number of para-hydroxylation sites is 1. The quantitative estimate of drug-likeness (QED) is 0.318. The van der Waals surface area contributed by atoms with E-state index in [9.17, 15) is 0 Å². The molecule has 0 saturated heterocycles. The lowest BCUT2D eigenvalue weighted by Gasteiger charge is -2.16. The van der Waals surface area contributed by atoms with Crippen molar-refractivity contribution in [3.63, 3.8) is 0 Å². The van der Waals surface area contributed by atoms with E-state index >= 15 is 0 Å². The van der Waals surface area contributed by atoms with Gasteiger partial charge in [-0.05, 0) is 46.9 Å². The summed E-state index contributed by atoms with van der Waals surface area (Å²) in [6, 6.07) is 34.5. The zero-order chi connectivity index (χ0) is 18.9. The maximum absolute atomic E-state index is 5.96. The van der Waals surface area contributed by atoms with Gasteiger partial charge in [-0.1, -0.05) is 85.8 Å². The first-order valence-electron chi connectivity index (χ1n) is 9.90. The molecule has 5 aromatic rings. The molecule has 0 amide bonds. The SMILES string of the molecule is CC[C@@H](c1ccccc1)c1ccc(-c2ccc3oc4ccccc4c3c2)cc1. The fourth-order valence-electron chi connectivity index (χ4n) is 4.16. The molecule has 4 aromatic carbocycles. The van der Waals surface area contributed by atoms with Crippen LogP contribution in [-0.2, 0) is 0 Å². The molecule has 1 atom stereocenters. The molecule has 136 valence electrons. The summed E-state index contributed by atoms with van der Waals surface area (Å²) in [5.41, 5.74) is 7.09. The van der Waals surface area contributed by atoms with E-state index in [1.54, 1.807) is 0 Å². The van der Waals surface area contributed by atoms with E-state index in [2.05, 4.69) is 91.9 Å². The van der Waals surface area contributed by atoms with E-state index in [0.717, 1.165) is 17.6 Å². The van der Waals surface area contributed by atoms with Gasteiger partial charge in [0.25, 0.3) is 0 Å². The zero-order valence-electron chi connectivity index (χ0n) is 15.9. The van der Waals surface area contributed by atoms with Crippen molar-refractivity contribution < 1.29 is 4.42 Å². The first kappa shape index (κ1) is 16.8. The highest BCUT2D eigenvalue weighted by atomic mass is 16.3. The molecule has 5 rings (SSSR count). The lowest BCUT2D eigenvalue weighted by atomic mass is 9.88. The van der Waals surface area contributed by atoms with Crippen molar-refractivity contribution in [2.24, 2.45) is 0 Å². The molecule has 0 aliphatic rings. The predicted molar refractivity (Wildman–Crippen MR) is 118 cm³/mol. The minimum atomic E-state index is 0.440. The molecule has 0 aliphatic carbocycles. The highest BCUT2D eigenvalue weighted by Crippen LogP contribution is 2.33. The molecule has 0 aliphatic heterocycles. The second kappa shape index (κ2) is 7.01. The van der Waals surface area contributed by atoms with E-state index in [1.807, 2.05) is 12.1 Å². The predicted octanol–water partition coefficient (Wildman–Crippen LogP) is 7.79. The van der Waals surface area contributed by atoms with Gasteiger partial charge in [-0.2, -0.15) is 0 Å². The molecule has 1 heteroatoms. The molecule has 0 radical (unpaired) electrons. The molecule has 0 saturated carbocycles. The lowest BCUT2D eigenvalue weighted by Crippen LogP contribution is -1.99. The van der Waals surface area contributed by atoms with Crippen LogP contribution in [0.5, 0.6) is 0 Å². The summed E-state index contributed by atoms with van der Waals surface area (Å²) in [6.45, 7) is 2.25. The van der Waals surface area contributed by atoms with Crippen LogP contribution in [0, 0.1) is 0 Å². The van der Waals surface area contributed by atoms with E-state index in [1.165, 1.54) is 33.0 Å². The van der Waals surface area contributed by atoms with Crippen molar-refractivity contribution in [3.05, 3.63) is 108 Å². The first-order chi connectivity index (χ1) is 13.8. The third-order valence-electron chi connectivity index (χ3n) is 5.63. The van der Waals surface area contributed by atoms with Gasteiger partial charge in [-0.15, -0.1) is 0 Å². The number of furan rings is 1. The Morgan fingerprint density at radius 1 is 0.607 bits per heavy atom. The summed E-state index contributed by atoms with van der Waals surface area (Å²) in [4.78, 5) is 0. The minimum absolute atomic E-state index is 0.440. The Balaban J connectivity index is 1.52. The fraction of sp³-hybridized carbons (Fsp3) is 0.111. The second-order valence-electron chi connectivity index (χ2n) is 7.30. The molecule has 0 fully saturated rings. The Morgan fingerprint density at radius 3 is 2.04 bits per heavy atom. The molecule has 28 heavy (non-hydrogen) atoms. The molecule has 0 spiro atoms. The van der Waals surface area contributed by atoms with E-state index in [4.69, 9.17) is 4.42 Å². The first-order valence-corrected chi connectivity index (χ1v) is 9.90. The van der Waals surface area contributed by atoms with Gasteiger partial charge in [-0.25, -0.2) is 0 Å². The highest BCUT2D eigenvalue weighted by molar-refractivity contribution is 6.06. The maximum atomic E-state index is 5.96. The third-order valence-corrected chi connectivity index (χ3v) is 5.63. The Bertz CT molecular complexity index is 1230. The molecule has 0 N–H and O–H groups in total. The molecular formula is C27H22O. The van der Waals surface area contributed by atoms with Crippen LogP contribution in [-0.4, -0.2) is 0 Å². The molecule has 0 unspecified atom stereocenters. The van der Waals surface area contributed by atoms with Crippen LogP contribution in [0.15, 0.2) is 101 Å². The van der Waals surface area contributed by atoms with Crippen LogP contribution in [0.4, 0.5) is 0 Å². The highest BCUT2D eigenvalue weighted by Gasteiger charge is 2.12. The van der Waals surface area contributed by atoms with Crippen LogP contribution in [0.25, 0.3) is 33.1 Å². The molecular weight excluding hydrogens is 340 g/mol. The number of hydrogen-bond acceptors (Lipinski definition) is 1. The Labute approximate surface area is 165 Å². The smallest absolute Gasteiger partial charge is 0.135 e. The molecule has 0 bridgehead atoms. The molecule has 1 nitrogen and oxygen atoms in total. The lowest BCUT2D eigenvalue weighted by molar-refractivity contribution is 0.669. The van der Waals surface area contributed by atoms with E-state index < -0.39 is 0 Å². The standard InChI is InChI=1S/C27H22O/c1-2-23(20-8-4-3-5-9-20)21-14-12-19(13-15-21)22-16-17-27-25(18-22)24-10-6-7-11-26(24)28-27/h3-18,23H,2H2,1H3/t23-/m0/s1. The van der Waals surface area contributed by atoms with Gasteiger partial charge in [-0.3, -0.25) is 0 Å². The normalized spacial score (nSPS) is 12.5. The van der Waals surface area contributed by atoms with Crippen molar-refractivity contribution in [2.75, 3.05) is 0 Å². The van der Waals surface area contributed by atoms with Gasteiger partial charge in [0.05, 0.1) is 0 Å². The van der Waals surface area contributed by atoms with Gasteiger partial charge >= 0.3 is 0 Å². The second-order valence-corrected chi connectivity index (χ2v) is 7.30.